The van der Waals surface area contributed by atoms with Crippen LogP contribution in [0.2, 0.25) is 0 Å². The first-order valence-corrected chi connectivity index (χ1v) is 7.03. The van der Waals surface area contributed by atoms with Crippen LogP contribution in [0.25, 0.3) is 0 Å². The molecule has 3 heteroatoms. The number of aromatic nitrogens is 1. The van der Waals surface area contributed by atoms with Crippen LogP contribution in [-0.2, 0) is 6.54 Å². The van der Waals surface area contributed by atoms with Crippen LogP contribution in [0, 0.1) is 12.3 Å². The molecule has 0 amide bonds. The fourth-order valence-electron chi connectivity index (χ4n) is 2.53. The van der Waals surface area contributed by atoms with Gasteiger partial charge in [0.05, 0.1) is 0 Å². The predicted octanol–water partition coefficient (Wildman–Crippen LogP) is 3.03. The Morgan fingerprint density at radius 1 is 1.32 bits per heavy atom. The van der Waals surface area contributed by atoms with Crippen LogP contribution < -0.4 is 10.6 Å². The number of aryl methyl sites for hydroxylation is 1. The summed E-state index contributed by atoms with van der Waals surface area (Å²) in [6.07, 6.45) is 3.49. The predicted molar refractivity (Wildman–Crippen MR) is 81.2 cm³/mol. The van der Waals surface area contributed by atoms with Gasteiger partial charge >= 0.3 is 0 Å². The van der Waals surface area contributed by atoms with Crippen molar-refractivity contribution in [2.45, 2.75) is 40.7 Å². The third kappa shape index (κ3) is 3.16. The van der Waals surface area contributed by atoms with Crippen molar-refractivity contribution < 1.29 is 0 Å². The van der Waals surface area contributed by atoms with E-state index < -0.39 is 0 Å². The van der Waals surface area contributed by atoms with Gasteiger partial charge in [0.25, 0.3) is 0 Å². The van der Waals surface area contributed by atoms with Gasteiger partial charge in [-0.3, -0.25) is 0 Å². The van der Waals surface area contributed by atoms with E-state index in [1.54, 1.807) is 5.57 Å². The van der Waals surface area contributed by atoms with E-state index in [0.717, 1.165) is 36.6 Å². The molecule has 3 nitrogen and oxygen atoms in total. The Morgan fingerprint density at radius 3 is 2.53 bits per heavy atom. The van der Waals surface area contributed by atoms with Crippen LogP contribution in [0.3, 0.4) is 0 Å². The van der Waals surface area contributed by atoms with E-state index in [4.69, 9.17) is 5.73 Å². The first kappa shape index (κ1) is 14.1. The molecule has 1 aromatic rings. The molecule has 2 heterocycles. The summed E-state index contributed by atoms with van der Waals surface area (Å²) in [5.41, 5.74) is 9.71. The second kappa shape index (κ2) is 5.33. The Morgan fingerprint density at radius 2 is 2.05 bits per heavy atom. The Kier molecular flexibility index (Phi) is 3.95. The minimum Gasteiger partial charge on any atom is -0.353 e. The lowest BCUT2D eigenvalue weighted by Gasteiger charge is -2.33. The van der Waals surface area contributed by atoms with E-state index in [-0.39, 0.29) is 0 Å². The van der Waals surface area contributed by atoms with E-state index >= 15 is 0 Å². The molecule has 0 unspecified atom stereocenters. The Bertz CT molecular complexity index is 483. The third-order valence-electron chi connectivity index (χ3n) is 3.90. The van der Waals surface area contributed by atoms with Gasteiger partial charge in [0, 0.05) is 25.3 Å². The van der Waals surface area contributed by atoms with E-state index in [1.807, 2.05) is 6.92 Å². The van der Waals surface area contributed by atoms with Crippen molar-refractivity contribution in [3.05, 3.63) is 35.0 Å². The molecular weight excluding hydrogens is 234 g/mol. The summed E-state index contributed by atoms with van der Waals surface area (Å²) >= 11 is 0. The van der Waals surface area contributed by atoms with Crippen molar-refractivity contribution in [1.29, 1.82) is 0 Å². The minimum absolute atomic E-state index is 0.291. The van der Waals surface area contributed by atoms with Gasteiger partial charge in [-0.25, -0.2) is 4.98 Å². The summed E-state index contributed by atoms with van der Waals surface area (Å²) in [5.74, 6) is 1.07. The van der Waals surface area contributed by atoms with Crippen LogP contribution in [0.15, 0.2) is 23.8 Å². The molecule has 1 aliphatic rings. The lowest BCUT2D eigenvalue weighted by molar-refractivity contribution is 0.472. The van der Waals surface area contributed by atoms with E-state index in [1.165, 1.54) is 0 Å². The van der Waals surface area contributed by atoms with E-state index in [9.17, 15) is 0 Å². The number of hydrogen-bond acceptors (Lipinski definition) is 3. The minimum atomic E-state index is 0.291. The zero-order valence-corrected chi connectivity index (χ0v) is 12.5. The number of pyridine rings is 1. The lowest BCUT2D eigenvalue weighted by Crippen LogP contribution is -2.32. The molecule has 0 spiro atoms. The number of hydrogen-bond donors (Lipinski definition) is 1. The highest BCUT2D eigenvalue weighted by Gasteiger charge is 2.21. The van der Waals surface area contributed by atoms with Gasteiger partial charge in [0.2, 0.25) is 0 Å². The highest BCUT2D eigenvalue weighted by molar-refractivity contribution is 5.44. The van der Waals surface area contributed by atoms with Gasteiger partial charge in [-0.15, -0.1) is 0 Å². The van der Waals surface area contributed by atoms with Crippen LogP contribution in [-0.4, -0.2) is 18.1 Å². The van der Waals surface area contributed by atoms with Gasteiger partial charge in [-0.1, -0.05) is 38.5 Å². The number of nitrogens with two attached hydrogens (primary N) is 1. The zero-order valence-electron chi connectivity index (χ0n) is 12.5. The molecule has 0 atom stereocenters. The highest BCUT2D eigenvalue weighted by Crippen LogP contribution is 2.31. The molecule has 0 bridgehead atoms. The zero-order chi connectivity index (χ0) is 14.0. The SMILES string of the molecule is Cc1nc(N2CC=C(C(C)(C)C)CC2)ccc1CN. The van der Waals surface area contributed by atoms with Crippen LogP contribution in [0.1, 0.15) is 38.4 Å². The standard InChI is InChI=1S/C16H25N3/c1-12-13(11-17)5-6-15(18-12)19-9-7-14(8-10-19)16(2,3)4/h5-7H,8-11,17H2,1-4H3. The van der Waals surface area contributed by atoms with Crippen molar-refractivity contribution in [1.82, 2.24) is 4.98 Å². The van der Waals surface area contributed by atoms with Crippen molar-refractivity contribution in [3.63, 3.8) is 0 Å². The first-order valence-electron chi connectivity index (χ1n) is 7.03. The number of rotatable bonds is 2. The molecule has 2 rings (SSSR count). The fraction of sp³-hybridized carbons (Fsp3) is 0.562. The van der Waals surface area contributed by atoms with Gasteiger partial charge in [0.1, 0.15) is 5.82 Å². The molecule has 2 N–H and O–H groups in total. The maximum Gasteiger partial charge on any atom is 0.129 e. The molecule has 0 saturated heterocycles. The second-order valence-electron chi connectivity index (χ2n) is 6.29. The number of nitrogens with zero attached hydrogens (tertiary/aromatic N) is 2. The average Bonchev–Trinajstić information content (AvgIpc) is 2.38. The smallest absolute Gasteiger partial charge is 0.129 e. The van der Waals surface area contributed by atoms with Crippen molar-refractivity contribution in [2.75, 3.05) is 18.0 Å². The third-order valence-corrected chi connectivity index (χ3v) is 3.90. The summed E-state index contributed by atoms with van der Waals surface area (Å²) in [6, 6.07) is 4.19. The normalized spacial score (nSPS) is 16.5. The van der Waals surface area contributed by atoms with Crippen molar-refractivity contribution in [2.24, 2.45) is 11.1 Å². The number of anilines is 1. The lowest BCUT2D eigenvalue weighted by atomic mass is 9.83. The maximum atomic E-state index is 5.68. The maximum absolute atomic E-state index is 5.68. The molecule has 0 fully saturated rings. The van der Waals surface area contributed by atoms with Crippen molar-refractivity contribution in [3.8, 4) is 0 Å². The molecule has 1 aliphatic heterocycles. The summed E-state index contributed by atoms with van der Waals surface area (Å²) in [4.78, 5) is 7.01. The molecule has 0 radical (unpaired) electrons. The molecule has 19 heavy (non-hydrogen) atoms. The topological polar surface area (TPSA) is 42.2 Å². The summed E-state index contributed by atoms with van der Waals surface area (Å²) in [6.45, 7) is 11.5. The molecular formula is C16H25N3. The van der Waals surface area contributed by atoms with Crippen LogP contribution in [0.4, 0.5) is 5.82 Å². The quantitative estimate of drug-likeness (QED) is 0.830. The fourth-order valence-corrected chi connectivity index (χ4v) is 2.53. The molecule has 104 valence electrons. The average molecular weight is 259 g/mol. The Balaban J connectivity index is 2.14. The monoisotopic (exact) mass is 259 g/mol. The van der Waals surface area contributed by atoms with Crippen LogP contribution >= 0.6 is 0 Å². The Labute approximate surface area is 116 Å². The Hall–Kier alpha value is -1.35. The summed E-state index contributed by atoms with van der Waals surface area (Å²) in [7, 11) is 0. The van der Waals surface area contributed by atoms with E-state index in [0.29, 0.717) is 12.0 Å². The molecule has 0 saturated carbocycles. The van der Waals surface area contributed by atoms with Gasteiger partial charge < -0.3 is 10.6 Å². The summed E-state index contributed by atoms with van der Waals surface area (Å²) in [5, 5.41) is 0. The largest absolute Gasteiger partial charge is 0.353 e. The van der Waals surface area contributed by atoms with Gasteiger partial charge in [0.15, 0.2) is 0 Å². The van der Waals surface area contributed by atoms with E-state index in [2.05, 4.69) is 48.9 Å². The second-order valence-corrected chi connectivity index (χ2v) is 6.29. The van der Waals surface area contributed by atoms with Gasteiger partial charge in [-0.05, 0) is 30.4 Å². The van der Waals surface area contributed by atoms with Crippen molar-refractivity contribution >= 4 is 5.82 Å². The molecule has 0 aliphatic carbocycles. The molecule has 0 aromatic carbocycles. The van der Waals surface area contributed by atoms with Gasteiger partial charge in [-0.2, -0.15) is 0 Å². The van der Waals surface area contributed by atoms with Crippen LogP contribution in [0.5, 0.6) is 0 Å². The highest BCUT2D eigenvalue weighted by atomic mass is 15.2. The summed E-state index contributed by atoms with van der Waals surface area (Å²) < 4.78 is 0. The first-order chi connectivity index (χ1) is 8.91. The molecule has 1 aromatic heterocycles.